The van der Waals surface area contributed by atoms with Crippen molar-refractivity contribution in [2.75, 3.05) is 18.2 Å². The monoisotopic (exact) mass is 466 g/mol. The fourth-order valence-corrected chi connectivity index (χ4v) is 5.64. The van der Waals surface area contributed by atoms with E-state index in [1.807, 2.05) is 32.9 Å². The second-order valence-electron chi connectivity index (χ2n) is 7.37. The summed E-state index contributed by atoms with van der Waals surface area (Å²) in [5.74, 6) is -0.320. The van der Waals surface area contributed by atoms with Crippen LogP contribution in [0.5, 0.6) is 5.75 Å². The van der Waals surface area contributed by atoms with Gasteiger partial charge in [-0.15, -0.1) is 22.7 Å². The summed E-state index contributed by atoms with van der Waals surface area (Å²) in [5, 5.41) is 5.80. The highest BCUT2D eigenvalue weighted by atomic mass is 32.1. The summed E-state index contributed by atoms with van der Waals surface area (Å²) in [5.41, 5.74) is 17.1. The molecular formula is C23H22N4O3S2. The molecule has 9 heteroatoms. The van der Waals surface area contributed by atoms with Gasteiger partial charge in [-0.2, -0.15) is 0 Å². The Morgan fingerprint density at radius 1 is 1.09 bits per heavy atom. The topological polar surface area (TPSA) is 120 Å². The largest absolute Gasteiger partial charge is 0.497 e. The minimum Gasteiger partial charge on any atom is -0.497 e. The van der Waals surface area contributed by atoms with E-state index in [0.29, 0.717) is 31.7 Å². The predicted molar refractivity (Wildman–Crippen MR) is 131 cm³/mol. The van der Waals surface area contributed by atoms with Crippen LogP contribution in [0.4, 0.5) is 10.7 Å². The van der Waals surface area contributed by atoms with Crippen molar-refractivity contribution >= 4 is 55.4 Å². The highest BCUT2D eigenvalue weighted by Gasteiger charge is 2.24. The van der Waals surface area contributed by atoms with Gasteiger partial charge in [0.25, 0.3) is 11.8 Å². The third-order valence-corrected chi connectivity index (χ3v) is 7.54. The molecule has 0 fully saturated rings. The van der Waals surface area contributed by atoms with Gasteiger partial charge in [0, 0.05) is 22.0 Å². The normalized spacial score (nSPS) is 11.0. The highest BCUT2D eigenvalue weighted by Crippen LogP contribution is 2.39. The minimum atomic E-state index is -0.625. The molecular weight excluding hydrogens is 444 g/mol. The number of hydrogen-bond donors (Lipinski definition) is 3. The number of nitrogen functional groups attached to an aromatic ring is 1. The summed E-state index contributed by atoms with van der Waals surface area (Å²) in [6, 6.07) is 7.27. The molecule has 0 aliphatic rings. The Labute approximate surface area is 193 Å². The SMILES string of the molecule is COc1ccc(-c2csc(NC(=O)c3sc4nc(C)c(C)c(C)c4c3N)c2C(N)=O)cc1. The molecule has 7 nitrogen and oxygen atoms in total. The maximum absolute atomic E-state index is 13.1. The Bertz CT molecular complexity index is 1370. The second-order valence-corrected chi connectivity index (χ2v) is 9.25. The maximum atomic E-state index is 13.1. The predicted octanol–water partition coefficient (Wildman–Crippen LogP) is 4.89. The van der Waals surface area contributed by atoms with E-state index in [9.17, 15) is 9.59 Å². The first kappa shape index (κ1) is 21.8. The molecule has 0 aliphatic carbocycles. The zero-order valence-electron chi connectivity index (χ0n) is 18.0. The van der Waals surface area contributed by atoms with Gasteiger partial charge in [0.15, 0.2) is 0 Å². The second kappa shape index (κ2) is 8.25. The number of benzene rings is 1. The molecule has 0 unspecified atom stereocenters. The van der Waals surface area contributed by atoms with E-state index in [-0.39, 0.29) is 5.56 Å². The Morgan fingerprint density at radius 3 is 2.41 bits per heavy atom. The Hall–Kier alpha value is -3.43. The molecule has 5 N–H and O–H groups in total. The molecule has 2 amide bonds. The van der Waals surface area contributed by atoms with Crippen LogP contribution in [0, 0.1) is 20.8 Å². The zero-order valence-corrected chi connectivity index (χ0v) is 19.7. The Morgan fingerprint density at radius 2 is 1.78 bits per heavy atom. The van der Waals surface area contributed by atoms with Crippen molar-refractivity contribution in [1.82, 2.24) is 4.98 Å². The molecule has 3 aromatic heterocycles. The number of aromatic nitrogens is 1. The quantitative estimate of drug-likeness (QED) is 0.387. The van der Waals surface area contributed by atoms with E-state index in [1.165, 1.54) is 22.7 Å². The van der Waals surface area contributed by atoms with Gasteiger partial charge >= 0.3 is 0 Å². The number of thiophene rings is 2. The first-order chi connectivity index (χ1) is 15.2. The van der Waals surface area contributed by atoms with E-state index in [0.717, 1.165) is 27.8 Å². The molecule has 4 rings (SSSR count). The lowest BCUT2D eigenvalue weighted by Gasteiger charge is -2.07. The third-order valence-electron chi connectivity index (χ3n) is 5.55. The van der Waals surface area contributed by atoms with Crippen LogP contribution in [0.1, 0.15) is 36.9 Å². The number of hydrogen-bond acceptors (Lipinski definition) is 7. The van der Waals surface area contributed by atoms with Crippen molar-refractivity contribution < 1.29 is 14.3 Å². The number of nitrogens with two attached hydrogens (primary N) is 2. The van der Waals surface area contributed by atoms with Gasteiger partial charge in [0.2, 0.25) is 0 Å². The Balaban J connectivity index is 1.72. The van der Waals surface area contributed by atoms with Crippen LogP contribution in [-0.2, 0) is 0 Å². The number of methoxy groups -OCH3 is 1. The Kier molecular flexibility index (Phi) is 5.62. The number of primary amides is 1. The first-order valence-corrected chi connectivity index (χ1v) is 11.4. The van der Waals surface area contributed by atoms with Gasteiger partial charge < -0.3 is 21.5 Å². The molecule has 0 aliphatic heterocycles. The molecule has 164 valence electrons. The lowest BCUT2D eigenvalue weighted by molar-refractivity contribution is 0.100. The average Bonchev–Trinajstić information content (AvgIpc) is 3.33. The molecule has 32 heavy (non-hydrogen) atoms. The van der Waals surface area contributed by atoms with Gasteiger partial charge in [-0.1, -0.05) is 12.1 Å². The zero-order chi connectivity index (χ0) is 23.2. The van der Waals surface area contributed by atoms with Gasteiger partial charge in [-0.05, 0) is 49.6 Å². The summed E-state index contributed by atoms with van der Waals surface area (Å²) in [4.78, 5) is 31.0. The number of nitrogens with zero attached hydrogens (tertiary/aromatic N) is 1. The number of rotatable bonds is 5. The van der Waals surface area contributed by atoms with E-state index >= 15 is 0 Å². The van der Waals surface area contributed by atoms with Crippen LogP contribution in [0.3, 0.4) is 0 Å². The van der Waals surface area contributed by atoms with E-state index in [2.05, 4.69) is 10.3 Å². The fourth-order valence-electron chi connectivity index (χ4n) is 3.57. The number of amides is 2. The molecule has 3 heterocycles. The number of aryl methyl sites for hydroxylation is 2. The summed E-state index contributed by atoms with van der Waals surface area (Å²) in [7, 11) is 1.58. The number of anilines is 2. The van der Waals surface area contributed by atoms with Gasteiger partial charge in [0.1, 0.15) is 20.5 Å². The van der Waals surface area contributed by atoms with E-state index in [4.69, 9.17) is 16.2 Å². The molecule has 0 atom stereocenters. The lowest BCUT2D eigenvalue weighted by atomic mass is 10.0. The van der Waals surface area contributed by atoms with Crippen LogP contribution in [0.2, 0.25) is 0 Å². The standard InChI is InChI=1S/C23H22N4O3S2/c1-10-11(2)16-18(24)19(32-23(16)26-12(10)3)21(29)27-22-17(20(25)28)15(9-31-22)13-5-7-14(30-4)8-6-13/h5-9H,24H2,1-4H3,(H2,25,28)(H,27,29). The van der Waals surface area contributed by atoms with Crippen molar-refractivity contribution in [3.05, 3.63) is 56.9 Å². The fraction of sp³-hybridized carbons (Fsp3) is 0.174. The lowest BCUT2D eigenvalue weighted by Crippen LogP contribution is -2.17. The molecule has 4 aromatic rings. The van der Waals surface area contributed by atoms with Crippen molar-refractivity contribution in [2.24, 2.45) is 5.73 Å². The number of nitrogens with one attached hydrogen (secondary N) is 1. The van der Waals surface area contributed by atoms with Crippen molar-refractivity contribution in [2.45, 2.75) is 20.8 Å². The van der Waals surface area contributed by atoms with Crippen molar-refractivity contribution in [3.8, 4) is 16.9 Å². The van der Waals surface area contributed by atoms with Crippen LogP contribution >= 0.6 is 22.7 Å². The number of pyridine rings is 1. The number of ether oxygens (including phenoxy) is 1. The van der Waals surface area contributed by atoms with Crippen LogP contribution in [0.15, 0.2) is 29.6 Å². The van der Waals surface area contributed by atoms with Gasteiger partial charge in [-0.3, -0.25) is 9.59 Å². The van der Waals surface area contributed by atoms with Crippen LogP contribution in [0.25, 0.3) is 21.3 Å². The van der Waals surface area contributed by atoms with Gasteiger partial charge in [-0.25, -0.2) is 4.98 Å². The number of fused-ring (bicyclic) bond motifs is 1. The highest BCUT2D eigenvalue weighted by molar-refractivity contribution is 7.21. The number of carbonyl (C=O) groups is 2. The van der Waals surface area contributed by atoms with E-state index in [1.54, 1.807) is 24.6 Å². The molecule has 0 saturated carbocycles. The van der Waals surface area contributed by atoms with Crippen molar-refractivity contribution in [3.63, 3.8) is 0 Å². The molecule has 0 saturated heterocycles. The molecule has 0 spiro atoms. The summed E-state index contributed by atoms with van der Waals surface area (Å²) in [6.07, 6.45) is 0. The smallest absolute Gasteiger partial charge is 0.268 e. The summed E-state index contributed by atoms with van der Waals surface area (Å²) < 4.78 is 5.19. The summed E-state index contributed by atoms with van der Waals surface area (Å²) >= 11 is 2.47. The average molecular weight is 467 g/mol. The maximum Gasteiger partial charge on any atom is 0.268 e. The van der Waals surface area contributed by atoms with Crippen molar-refractivity contribution in [1.29, 1.82) is 0 Å². The third kappa shape index (κ3) is 3.59. The first-order valence-electron chi connectivity index (χ1n) is 9.75. The van der Waals surface area contributed by atoms with Crippen LogP contribution < -0.4 is 21.5 Å². The molecule has 1 aromatic carbocycles. The van der Waals surface area contributed by atoms with E-state index < -0.39 is 11.8 Å². The summed E-state index contributed by atoms with van der Waals surface area (Å²) in [6.45, 7) is 5.89. The van der Waals surface area contributed by atoms with Gasteiger partial charge in [0.05, 0.1) is 18.4 Å². The molecule has 0 radical (unpaired) electrons. The van der Waals surface area contributed by atoms with Crippen LogP contribution in [-0.4, -0.2) is 23.9 Å². The molecule has 0 bridgehead atoms. The number of carbonyl (C=O) groups excluding carboxylic acids is 2. The minimum absolute atomic E-state index is 0.259.